The molecule has 0 aliphatic heterocycles. The summed E-state index contributed by atoms with van der Waals surface area (Å²) in [6.07, 6.45) is 1.53. The van der Waals surface area contributed by atoms with E-state index in [1.807, 2.05) is 58.9 Å². The molecule has 0 aliphatic carbocycles. The van der Waals surface area contributed by atoms with Crippen molar-refractivity contribution in [2.24, 2.45) is 0 Å². The van der Waals surface area contributed by atoms with Gasteiger partial charge in [-0.2, -0.15) is 5.10 Å². The molecule has 0 saturated heterocycles. The molecule has 5 heteroatoms. The average Bonchev–Trinajstić information content (AvgIpc) is 2.54. The minimum atomic E-state index is -0.237. The Balaban J connectivity index is 0. The van der Waals surface area contributed by atoms with Crippen molar-refractivity contribution in [1.82, 2.24) is 9.78 Å². The summed E-state index contributed by atoms with van der Waals surface area (Å²) in [5, 5.41) is 14.7. The first kappa shape index (κ1) is 25.2. The number of benzene rings is 1. The fraction of sp³-hybridized carbons (Fsp3) is 0.421. The van der Waals surface area contributed by atoms with Gasteiger partial charge in [-0.25, -0.2) is 4.68 Å². The average molecular weight is 406 g/mol. The van der Waals surface area contributed by atoms with Gasteiger partial charge in [0.05, 0.1) is 5.56 Å². The van der Waals surface area contributed by atoms with Crippen molar-refractivity contribution in [2.45, 2.75) is 54.0 Å². The molecule has 0 saturated carbocycles. The van der Waals surface area contributed by atoms with Gasteiger partial charge in [0.2, 0.25) is 0 Å². The van der Waals surface area contributed by atoms with Crippen molar-refractivity contribution >= 4 is 0 Å². The molecule has 2 aromatic rings. The van der Waals surface area contributed by atoms with Crippen LogP contribution >= 0.6 is 0 Å². The van der Waals surface area contributed by atoms with Crippen LogP contribution in [0.1, 0.15) is 45.4 Å². The molecule has 1 radical (unpaired) electrons. The van der Waals surface area contributed by atoms with E-state index in [2.05, 4.69) is 5.10 Å². The van der Waals surface area contributed by atoms with E-state index in [0.717, 1.165) is 17.5 Å². The summed E-state index contributed by atoms with van der Waals surface area (Å²) in [4.78, 5) is 12.5. The third-order valence-corrected chi connectivity index (χ3v) is 3.40. The monoisotopic (exact) mass is 406 g/mol. The fourth-order valence-corrected chi connectivity index (χ4v) is 2.33. The van der Waals surface area contributed by atoms with Gasteiger partial charge in [0.1, 0.15) is 5.69 Å². The Morgan fingerprint density at radius 2 is 1.75 bits per heavy atom. The van der Waals surface area contributed by atoms with E-state index in [1.54, 1.807) is 0 Å². The zero-order valence-electron chi connectivity index (χ0n) is 15.8. The Bertz CT molecular complexity index is 682. The molecule has 1 heterocycles. The molecule has 1 aromatic carbocycles. The van der Waals surface area contributed by atoms with Crippen LogP contribution in [-0.2, 0) is 45.7 Å². The second-order valence-corrected chi connectivity index (χ2v) is 4.86. The molecule has 0 unspecified atom stereocenters. The van der Waals surface area contributed by atoms with Crippen molar-refractivity contribution in [1.29, 1.82) is 0 Å². The van der Waals surface area contributed by atoms with E-state index in [0.29, 0.717) is 24.2 Å². The minimum Gasteiger partial charge on any atom is -0.505 e. The number of aromatic nitrogens is 2. The molecule has 0 amide bonds. The summed E-state index contributed by atoms with van der Waals surface area (Å²) in [7, 11) is 0. The largest absolute Gasteiger partial charge is 0.505 e. The molecule has 1 aromatic heterocycles. The van der Waals surface area contributed by atoms with Crippen molar-refractivity contribution in [3.05, 3.63) is 53.3 Å². The summed E-state index contributed by atoms with van der Waals surface area (Å²) < 4.78 is 1.42. The molecule has 0 fully saturated rings. The summed E-state index contributed by atoms with van der Waals surface area (Å²) in [5.41, 5.74) is 2.46. The maximum absolute atomic E-state index is 12.5. The van der Waals surface area contributed by atoms with E-state index < -0.39 is 0 Å². The Morgan fingerprint density at radius 1 is 1.17 bits per heavy atom. The van der Waals surface area contributed by atoms with Crippen LogP contribution in [0.4, 0.5) is 0 Å². The first-order valence-corrected chi connectivity index (χ1v) is 7.99. The van der Waals surface area contributed by atoms with Crippen LogP contribution in [0, 0.1) is 14.4 Å². The summed E-state index contributed by atoms with van der Waals surface area (Å²) in [6, 6.07) is 7.59. The van der Waals surface area contributed by atoms with E-state index in [9.17, 15) is 9.90 Å². The van der Waals surface area contributed by atoms with Gasteiger partial charge in [-0.1, -0.05) is 51.5 Å². The van der Waals surface area contributed by atoms with E-state index >= 15 is 0 Å². The fourth-order valence-electron chi connectivity index (χ4n) is 2.33. The molecule has 0 atom stereocenters. The third-order valence-electron chi connectivity index (χ3n) is 3.40. The van der Waals surface area contributed by atoms with E-state index in [1.165, 1.54) is 4.68 Å². The van der Waals surface area contributed by atoms with Crippen molar-refractivity contribution in [3.8, 4) is 16.9 Å². The molecule has 0 aliphatic rings. The SMILES string of the molecule is CC.CCCc1nn(CC)c(=O)c(-c2ccccc2C)c1O.[CH3-].[Y]. The van der Waals surface area contributed by atoms with Crippen LogP contribution in [0.25, 0.3) is 11.1 Å². The molecular weight excluding hydrogens is 377 g/mol. The van der Waals surface area contributed by atoms with Crippen LogP contribution in [0.3, 0.4) is 0 Å². The topological polar surface area (TPSA) is 55.1 Å². The number of nitrogens with zero attached hydrogens (tertiary/aromatic N) is 2. The number of aryl methyl sites for hydroxylation is 3. The first-order valence-electron chi connectivity index (χ1n) is 7.99. The van der Waals surface area contributed by atoms with Crippen molar-refractivity contribution in [3.63, 3.8) is 0 Å². The molecule has 4 nitrogen and oxygen atoms in total. The van der Waals surface area contributed by atoms with Crippen LogP contribution < -0.4 is 5.56 Å². The molecule has 0 bridgehead atoms. The maximum Gasteiger partial charge on any atom is 0.278 e. The number of aromatic hydroxyl groups is 1. The third kappa shape index (κ3) is 5.52. The predicted octanol–water partition coefficient (Wildman–Crippen LogP) is 4.37. The van der Waals surface area contributed by atoms with Crippen LogP contribution in [0.5, 0.6) is 5.75 Å². The first-order chi connectivity index (χ1) is 10.6. The zero-order chi connectivity index (χ0) is 16.7. The summed E-state index contributed by atoms with van der Waals surface area (Å²) >= 11 is 0. The van der Waals surface area contributed by atoms with Gasteiger partial charge in [-0.05, 0) is 31.4 Å². The van der Waals surface area contributed by atoms with Crippen LogP contribution in [0.15, 0.2) is 29.1 Å². The standard InChI is InChI=1S/C16H20N2O2.C2H6.CH3.Y/c1-4-8-13-15(19)14(16(20)18(5-2)17-13)12-10-7-6-9-11(12)3;1-2;;/h6-7,9-10,19H,4-5,8H2,1-3H3;1-2H3;1H3;/q;;-1;. The summed E-state index contributed by atoms with van der Waals surface area (Å²) in [5.74, 6) is 0.0239. The van der Waals surface area contributed by atoms with Gasteiger partial charge in [0.25, 0.3) is 5.56 Å². The second-order valence-electron chi connectivity index (χ2n) is 4.86. The normalized spacial score (nSPS) is 9.21. The van der Waals surface area contributed by atoms with Gasteiger partial charge >= 0.3 is 0 Å². The number of hydrogen-bond donors (Lipinski definition) is 1. The Hall–Kier alpha value is -0.996. The Morgan fingerprint density at radius 3 is 2.25 bits per heavy atom. The van der Waals surface area contributed by atoms with Gasteiger partial charge in [0, 0.05) is 39.3 Å². The minimum absolute atomic E-state index is 0. The van der Waals surface area contributed by atoms with Crippen LogP contribution in [-0.4, -0.2) is 14.9 Å². The quantitative estimate of drug-likeness (QED) is 0.768. The van der Waals surface area contributed by atoms with Crippen molar-refractivity contribution in [2.75, 3.05) is 0 Å². The van der Waals surface area contributed by atoms with Gasteiger partial charge in [0.15, 0.2) is 5.75 Å². The maximum atomic E-state index is 12.5. The van der Waals surface area contributed by atoms with E-state index in [-0.39, 0.29) is 51.4 Å². The van der Waals surface area contributed by atoms with E-state index in [4.69, 9.17) is 0 Å². The molecule has 2 rings (SSSR count). The molecular formula is C19H29N2O2Y-. The van der Waals surface area contributed by atoms with Gasteiger partial charge in [-0.3, -0.25) is 4.79 Å². The molecule has 0 spiro atoms. The number of hydrogen-bond acceptors (Lipinski definition) is 3. The van der Waals surface area contributed by atoms with Gasteiger partial charge in [-0.15, -0.1) is 0 Å². The smallest absolute Gasteiger partial charge is 0.278 e. The molecule has 24 heavy (non-hydrogen) atoms. The molecule has 1 N–H and O–H groups in total. The van der Waals surface area contributed by atoms with Crippen LogP contribution in [0.2, 0.25) is 0 Å². The predicted molar refractivity (Wildman–Crippen MR) is 97.8 cm³/mol. The van der Waals surface area contributed by atoms with Gasteiger partial charge < -0.3 is 12.5 Å². The summed E-state index contributed by atoms with van der Waals surface area (Å²) in [6.45, 7) is 10.3. The number of rotatable bonds is 4. The van der Waals surface area contributed by atoms with Crippen molar-refractivity contribution < 1.29 is 37.8 Å². The Kier molecular flexibility index (Phi) is 13.0. The zero-order valence-corrected chi connectivity index (χ0v) is 18.6. The second kappa shape index (κ2) is 12.4. The Labute approximate surface area is 171 Å². The molecule has 131 valence electrons.